The lowest BCUT2D eigenvalue weighted by atomic mass is 9.76. The molecule has 1 atom stereocenters. The fourth-order valence-corrected chi connectivity index (χ4v) is 4.73. The zero-order valence-corrected chi connectivity index (χ0v) is 15.7. The highest BCUT2D eigenvalue weighted by atomic mass is 16.3. The minimum absolute atomic E-state index is 0.0840. The molecule has 1 aliphatic carbocycles. The molecule has 0 aromatic heterocycles. The van der Waals surface area contributed by atoms with Crippen LogP contribution in [0.25, 0.3) is 21.5 Å². The Morgan fingerprint density at radius 1 is 0.857 bits per heavy atom. The second-order valence-corrected chi connectivity index (χ2v) is 7.72. The largest absolute Gasteiger partial charge is 0.507 e. The van der Waals surface area contributed by atoms with Crippen LogP contribution < -0.4 is 0 Å². The average Bonchev–Trinajstić information content (AvgIpc) is 2.73. The second kappa shape index (κ2) is 6.79. The van der Waals surface area contributed by atoms with Crippen LogP contribution in [0.4, 0.5) is 0 Å². The quantitative estimate of drug-likeness (QED) is 0.456. The fraction of sp³-hybridized carbons (Fsp3) is 0.192. The van der Waals surface area contributed by atoms with E-state index in [1.807, 2.05) is 42.5 Å². The number of Topliss-reactive ketones (excluding diaryl/α,β-unsaturated/α-hetero) is 1. The Balaban J connectivity index is 1.62. The number of aromatic hydroxyl groups is 1. The average molecular weight is 366 g/mol. The van der Waals surface area contributed by atoms with Crippen molar-refractivity contribution in [2.75, 3.05) is 0 Å². The van der Waals surface area contributed by atoms with E-state index in [0.29, 0.717) is 24.4 Å². The van der Waals surface area contributed by atoms with Crippen molar-refractivity contribution >= 4 is 27.3 Å². The van der Waals surface area contributed by atoms with Crippen molar-refractivity contribution in [1.82, 2.24) is 0 Å². The third kappa shape index (κ3) is 2.77. The molecule has 2 nitrogen and oxygen atoms in total. The van der Waals surface area contributed by atoms with E-state index in [9.17, 15) is 9.90 Å². The standard InChI is InChI=1S/C26H22O2/c27-24-15-14-23-20(21(24)11-10-17-6-2-1-3-7-17)12-13-22-19-9-5-4-8-18(19)16-25(28)26(22)23/h1-9,12-13,16,21,28H,10-11,14-15H2. The number of hydrogen-bond acceptors (Lipinski definition) is 2. The van der Waals surface area contributed by atoms with E-state index < -0.39 is 0 Å². The van der Waals surface area contributed by atoms with Crippen LogP contribution in [0.5, 0.6) is 5.75 Å². The highest BCUT2D eigenvalue weighted by Gasteiger charge is 2.29. The van der Waals surface area contributed by atoms with Gasteiger partial charge < -0.3 is 5.11 Å². The summed E-state index contributed by atoms with van der Waals surface area (Å²) in [5.41, 5.74) is 3.51. The molecule has 0 fully saturated rings. The zero-order valence-electron chi connectivity index (χ0n) is 15.7. The number of fused-ring (bicyclic) bond motifs is 5. The van der Waals surface area contributed by atoms with Crippen LogP contribution in [0.2, 0.25) is 0 Å². The van der Waals surface area contributed by atoms with E-state index in [1.54, 1.807) is 0 Å². The molecule has 0 radical (unpaired) electrons. The van der Waals surface area contributed by atoms with Crippen molar-refractivity contribution < 1.29 is 9.90 Å². The van der Waals surface area contributed by atoms with Gasteiger partial charge in [0.05, 0.1) is 0 Å². The first-order valence-corrected chi connectivity index (χ1v) is 9.95. The summed E-state index contributed by atoms with van der Waals surface area (Å²) < 4.78 is 0. The summed E-state index contributed by atoms with van der Waals surface area (Å²) in [7, 11) is 0. The summed E-state index contributed by atoms with van der Waals surface area (Å²) in [5, 5.41) is 15.0. The Bertz CT molecular complexity index is 1190. The molecule has 1 N–H and O–H groups in total. The summed E-state index contributed by atoms with van der Waals surface area (Å²) >= 11 is 0. The predicted molar refractivity (Wildman–Crippen MR) is 114 cm³/mol. The van der Waals surface area contributed by atoms with Gasteiger partial charge in [-0.05, 0) is 58.2 Å². The van der Waals surface area contributed by atoms with Gasteiger partial charge >= 0.3 is 0 Å². The topological polar surface area (TPSA) is 37.3 Å². The van der Waals surface area contributed by atoms with Gasteiger partial charge in [0.25, 0.3) is 0 Å². The lowest BCUT2D eigenvalue weighted by Gasteiger charge is -2.26. The van der Waals surface area contributed by atoms with Gasteiger partial charge in [0.15, 0.2) is 0 Å². The summed E-state index contributed by atoms with van der Waals surface area (Å²) in [6.07, 6.45) is 2.96. The van der Waals surface area contributed by atoms with Crippen molar-refractivity contribution in [3.8, 4) is 5.75 Å². The normalized spacial score (nSPS) is 16.4. The molecule has 0 saturated carbocycles. The second-order valence-electron chi connectivity index (χ2n) is 7.72. The van der Waals surface area contributed by atoms with E-state index in [2.05, 4.69) is 30.3 Å². The molecule has 4 aromatic rings. The van der Waals surface area contributed by atoms with Crippen LogP contribution in [0, 0.1) is 0 Å². The van der Waals surface area contributed by atoms with Crippen molar-refractivity contribution in [1.29, 1.82) is 0 Å². The van der Waals surface area contributed by atoms with Crippen LogP contribution in [-0.2, 0) is 17.6 Å². The Kier molecular flexibility index (Phi) is 4.12. The number of carbonyl (C=O) groups is 1. The molecule has 1 aliphatic rings. The third-order valence-corrected chi connectivity index (χ3v) is 6.10. The van der Waals surface area contributed by atoms with Gasteiger partial charge in [-0.1, -0.05) is 66.7 Å². The fourth-order valence-electron chi connectivity index (χ4n) is 4.73. The SMILES string of the molecule is O=C1CCc2c(ccc3c2c(O)cc2ccccc23)C1CCc1ccccc1. The van der Waals surface area contributed by atoms with E-state index in [-0.39, 0.29) is 5.92 Å². The van der Waals surface area contributed by atoms with Gasteiger partial charge in [-0.3, -0.25) is 4.79 Å². The first-order valence-electron chi connectivity index (χ1n) is 9.95. The Morgan fingerprint density at radius 2 is 1.64 bits per heavy atom. The molecule has 4 aromatic carbocycles. The number of phenolic OH excluding ortho intramolecular Hbond substituents is 1. The highest BCUT2D eigenvalue weighted by Crippen LogP contribution is 2.42. The van der Waals surface area contributed by atoms with Crippen LogP contribution in [-0.4, -0.2) is 10.9 Å². The van der Waals surface area contributed by atoms with E-state index in [1.165, 1.54) is 5.56 Å². The summed E-state index contributed by atoms with van der Waals surface area (Å²) in [4.78, 5) is 12.7. The molecule has 2 heteroatoms. The predicted octanol–water partition coefficient (Wildman–Crippen LogP) is 5.93. The van der Waals surface area contributed by atoms with Crippen LogP contribution in [0.15, 0.2) is 72.8 Å². The Labute approximate surface area is 164 Å². The molecule has 1 unspecified atom stereocenters. The zero-order chi connectivity index (χ0) is 19.1. The third-order valence-electron chi connectivity index (χ3n) is 6.10. The number of phenols is 1. The summed E-state index contributed by atoms with van der Waals surface area (Å²) in [6, 6.07) is 24.6. The summed E-state index contributed by atoms with van der Waals surface area (Å²) in [6.45, 7) is 0. The molecule has 0 saturated heterocycles. The minimum atomic E-state index is -0.0840. The van der Waals surface area contributed by atoms with Gasteiger partial charge in [-0.2, -0.15) is 0 Å². The van der Waals surface area contributed by atoms with Crippen molar-refractivity contribution in [2.24, 2.45) is 0 Å². The maximum absolute atomic E-state index is 12.7. The highest BCUT2D eigenvalue weighted by molar-refractivity contribution is 6.12. The molecule has 138 valence electrons. The first-order chi connectivity index (χ1) is 13.7. The lowest BCUT2D eigenvalue weighted by Crippen LogP contribution is -2.21. The van der Waals surface area contributed by atoms with Crippen LogP contribution in [0.1, 0.15) is 35.4 Å². The molecule has 5 rings (SSSR count). The van der Waals surface area contributed by atoms with Gasteiger partial charge in [-0.15, -0.1) is 0 Å². The molecule has 0 amide bonds. The minimum Gasteiger partial charge on any atom is -0.507 e. The Hall–Kier alpha value is -3.13. The number of ketones is 1. The first kappa shape index (κ1) is 17.0. The Morgan fingerprint density at radius 3 is 2.50 bits per heavy atom. The maximum Gasteiger partial charge on any atom is 0.140 e. The van der Waals surface area contributed by atoms with Gasteiger partial charge in [0.1, 0.15) is 11.5 Å². The van der Waals surface area contributed by atoms with E-state index in [0.717, 1.165) is 45.5 Å². The number of carbonyl (C=O) groups excluding carboxylic acids is 1. The van der Waals surface area contributed by atoms with Crippen molar-refractivity contribution in [3.05, 3.63) is 89.5 Å². The number of hydrogen-bond donors (Lipinski definition) is 1. The smallest absolute Gasteiger partial charge is 0.140 e. The molecule has 0 heterocycles. The number of benzene rings is 4. The van der Waals surface area contributed by atoms with Crippen molar-refractivity contribution in [3.63, 3.8) is 0 Å². The number of aryl methyl sites for hydroxylation is 2. The molecule has 28 heavy (non-hydrogen) atoms. The molecule has 0 spiro atoms. The lowest BCUT2D eigenvalue weighted by molar-refractivity contribution is -0.121. The van der Waals surface area contributed by atoms with Gasteiger partial charge in [0, 0.05) is 17.7 Å². The van der Waals surface area contributed by atoms with Gasteiger partial charge in [-0.25, -0.2) is 0 Å². The van der Waals surface area contributed by atoms with E-state index >= 15 is 0 Å². The van der Waals surface area contributed by atoms with Crippen molar-refractivity contribution in [2.45, 2.75) is 31.6 Å². The monoisotopic (exact) mass is 366 g/mol. The molecule has 0 aliphatic heterocycles. The maximum atomic E-state index is 12.7. The molecular formula is C26H22O2. The number of rotatable bonds is 3. The van der Waals surface area contributed by atoms with Crippen LogP contribution >= 0.6 is 0 Å². The summed E-state index contributed by atoms with van der Waals surface area (Å²) in [5.74, 6) is 0.559. The molecule has 0 bridgehead atoms. The van der Waals surface area contributed by atoms with E-state index in [4.69, 9.17) is 0 Å². The molecular weight excluding hydrogens is 344 g/mol. The van der Waals surface area contributed by atoms with Crippen LogP contribution in [0.3, 0.4) is 0 Å². The van der Waals surface area contributed by atoms with Gasteiger partial charge in [0.2, 0.25) is 0 Å².